The Hall–Kier alpha value is -1.06. The minimum absolute atomic E-state index is 0.249. The SMILES string of the molecule is CC(CCc1ccccc1)(OCCCl)C(=O)O. The molecular formula is C13H17ClO3. The zero-order chi connectivity index (χ0) is 12.7. The molecule has 0 spiro atoms. The molecule has 1 unspecified atom stereocenters. The first kappa shape index (κ1) is 14.0. The van der Waals surface area contributed by atoms with Gasteiger partial charge >= 0.3 is 5.97 Å². The van der Waals surface area contributed by atoms with Crippen LogP contribution in [0.3, 0.4) is 0 Å². The number of carboxylic acids is 1. The zero-order valence-corrected chi connectivity index (χ0v) is 10.6. The number of hydrogen-bond donors (Lipinski definition) is 1. The average molecular weight is 257 g/mol. The van der Waals surface area contributed by atoms with E-state index in [9.17, 15) is 4.79 Å². The van der Waals surface area contributed by atoms with E-state index in [1.807, 2.05) is 30.3 Å². The van der Waals surface area contributed by atoms with Gasteiger partial charge in [-0.3, -0.25) is 0 Å². The number of rotatable bonds is 7. The molecule has 0 heterocycles. The quantitative estimate of drug-likeness (QED) is 0.763. The van der Waals surface area contributed by atoms with Gasteiger partial charge in [-0.25, -0.2) is 4.79 Å². The van der Waals surface area contributed by atoms with Crippen LogP contribution in [0.1, 0.15) is 18.9 Å². The molecule has 1 aromatic rings. The number of ether oxygens (including phenoxy) is 1. The fraction of sp³-hybridized carbons (Fsp3) is 0.462. The van der Waals surface area contributed by atoms with Crippen molar-refractivity contribution in [2.24, 2.45) is 0 Å². The highest BCUT2D eigenvalue weighted by molar-refractivity contribution is 6.18. The van der Waals surface area contributed by atoms with Gasteiger partial charge in [0, 0.05) is 5.88 Å². The van der Waals surface area contributed by atoms with Crippen molar-refractivity contribution in [1.29, 1.82) is 0 Å². The van der Waals surface area contributed by atoms with Crippen LogP contribution in [0.5, 0.6) is 0 Å². The first-order valence-electron chi connectivity index (χ1n) is 5.56. The van der Waals surface area contributed by atoms with E-state index >= 15 is 0 Å². The van der Waals surface area contributed by atoms with Crippen LogP contribution in [0, 0.1) is 0 Å². The molecule has 0 saturated carbocycles. The van der Waals surface area contributed by atoms with Crippen molar-refractivity contribution in [2.45, 2.75) is 25.4 Å². The van der Waals surface area contributed by atoms with E-state index in [1.54, 1.807) is 6.92 Å². The Kier molecular flexibility index (Phi) is 5.45. The first-order chi connectivity index (χ1) is 8.08. The average Bonchev–Trinajstić information content (AvgIpc) is 2.35. The number of aliphatic carboxylic acids is 1. The monoisotopic (exact) mass is 256 g/mol. The molecule has 0 fully saturated rings. The second-order valence-corrected chi connectivity index (χ2v) is 4.44. The molecule has 3 nitrogen and oxygen atoms in total. The Balaban J connectivity index is 2.58. The summed E-state index contributed by atoms with van der Waals surface area (Å²) in [5.74, 6) is -0.646. The Morgan fingerprint density at radius 2 is 2.06 bits per heavy atom. The standard InChI is InChI=1S/C13H17ClO3/c1-13(12(15)16,17-10-9-14)8-7-11-5-3-2-4-6-11/h2-6H,7-10H2,1H3,(H,15,16). The van der Waals surface area contributed by atoms with Gasteiger partial charge in [-0.05, 0) is 25.3 Å². The van der Waals surface area contributed by atoms with Crippen molar-refractivity contribution in [2.75, 3.05) is 12.5 Å². The van der Waals surface area contributed by atoms with Gasteiger partial charge in [0.2, 0.25) is 0 Å². The molecule has 1 atom stereocenters. The fourth-order valence-corrected chi connectivity index (χ4v) is 1.61. The van der Waals surface area contributed by atoms with Crippen LogP contribution in [-0.2, 0) is 16.0 Å². The molecule has 0 amide bonds. The van der Waals surface area contributed by atoms with Crippen LogP contribution in [0.15, 0.2) is 30.3 Å². The van der Waals surface area contributed by atoms with E-state index in [4.69, 9.17) is 21.4 Å². The van der Waals surface area contributed by atoms with E-state index in [-0.39, 0.29) is 6.61 Å². The second kappa shape index (κ2) is 6.62. The topological polar surface area (TPSA) is 46.5 Å². The van der Waals surface area contributed by atoms with E-state index in [2.05, 4.69) is 0 Å². The van der Waals surface area contributed by atoms with Crippen molar-refractivity contribution in [3.05, 3.63) is 35.9 Å². The summed E-state index contributed by atoms with van der Waals surface area (Å²) in [6.45, 7) is 1.84. The molecule has 0 aliphatic heterocycles. The highest BCUT2D eigenvalue weighted by Crippen LogP contribution is 2.19. The van der Waals surface area contributed by atoms with Crippen molar-refractivity contribution in [1.82, 2.24) is 0 Å². The lowest BCUT2D eigenvalue weighted by Gasteiger charge is -2.25. The number of aryl methyl sites for hydroxylation is 1. The van der Waals surface area contributed by atoms with Crippen molar-refractivity contribution in [3.8, 4) is 0 Å². The summed E-state index contributed by atoms with van der Waals surface area (Å²) in [5, 5.41) is 9.17. The summed E-state index contributed by atoms with van der Waals surface area (Å²) in [7, 11) is 0. The number of halogens is 1. The summed E-state index contributed by atoms with van der Waals surface area (Å²) in [6, 6.07) is 9.76. The summed E-state index contributed by atoms with van der Waals surface area (Å²) in [4.78, 5) is 11.2. The molecule has 0 aliphatic carbocycles. The molecule has 1 N–H and O–H groups in total. The predicted molar refractivity (Wildman–Crippen MR) is 67.5 cm³/mol. The summed E-state index contributed by atoms with van der Waals surface area (Å²) < 4.78 is 5.33. The lowest BCUT2D eigenvalue weighted by molar-refractivity contribution is -0.163. The van der Waals surface area contributed by atoms with Gasteiger partial charge in [-0.15, -0.1) is 11.6 Å². The summed E-state index contributed by atoms with van der Waals surface area (Å²) in [6.07, 6.45) is 1.11. The number of hydrogen-bond acceptors (Lipinski definition) is 2. The third-order valence-corrected chi connectivity index (χ3v) is 2.84. The molecule has 4 heteroatoms. The Bertz CT molecular complexity index is 353. The lowest BCUT2D eigenvalue weighted by Crippen LogP contribution is -2.39. The maximum Gasteiger partial charge on any atom is 0.335 e. The second-order valence-electron chi connectivity index (χ2n) is 4.06. The molecule has 1 aromatic carbocycles. The summed E-state index contributed by atoms with van der Waals surface area (Å²) in [5.41, 5.74) is -0.0560. The van der Waals surface area contributed by atoms with Crippen LogP contribution in [0.25, 0.3) is 0 Å². The lowest BCUT2D eigenvalue weighted by atomic mass is 9.96. The molecule has 0 bridgehead atoms. The summed E-state index contributed by atoms with van der Waals surface area (Å²) >= 11 is 5.51. The number of alkyl halides is 1. The molecule has 0 aromatic heterocycles. The van der Waals surface area contributed by atoms with E-state index < -0.39 is 11.6 Å². The smallest absolute Gasteiger partial charge is 0.335 e. The molecule has 17 heavy (non-hydrogen) atoms. The van der Waals surface area contributed by atoms with Crippen molar-refractivity contribution in [3.63, 3.8) is 0 Å². The minimum atomic E-state index is -1.16. The molecule has 0 aliphatic rings. The van der Waals surface area contributed by atoms with Gasteiger partial charge in [-0.1, -0.05) is 30.3 Å². The maximum atomic E-state index is 11.2. The molecule has 0 saturated heterocycles. The Morgan fingerprint density at radius 1 is 1.41 bits per heavy atom. The van der Waals surface area contributed by atoms with Crippen LogP contribution in [-0.4, -0.2) is 29.2 Å². The fourth-order valence-electron chi connectivity index (χ4n) is 1.53. The molecule has 1 rings (SSSR count). The highest BCUT2D eigenvalue weighted by Gasteiger charge is 2.33. The van der Waals surface area contributed by atoms with E-state index in [1.165, 1.54) is 0 Å². The largest absolute Gasteiger partial charge is 0.479 e. The van der Waals surface area contributed by atoms with Crippen molar-refractivity contribution >= 4 is 17.6 Å². The normalized spacial score (nSPS) is 14.2. The maximum absolute atomic E-state index is 11.2. The van der Waals surface area contributed by atoms with Gasteiger partial charge in [0.25, 0.3) is 0 Å². The first-order valence-corrected chi connectivity index (χ1v) is 6.09. The zero-order valence-electron chi connectivity index (χ0n) is 9.86. The van der Waals surface area contributed by atoms with Crippen LogP contribution in [0.2, 0.25) is 0 Å². The number of carbonyl (C=O) groups is 1. The molecule has 0 radical (unpaired) electrons. The molecular weight excluding hydrogens is 240 g/mol. The predicted octanol–water partition coefficient (Wildman–Crippen LogP) is 2.72. The van der Waals surface area contributed by atoms with Gasteiger partial charge in [0.05, 0.1) is 6.61 Å². The van der Waals surface area contributed by atoms with E-state index in [0.717, 1.165) is 5.56 Å². The van der Waals surface area contributed by atoms with E-state index in [0.29, 0.717) is 18.7 Å². The van der Waals surface area contributed by atoms with Crippen molar-refractivity contribution < 1.29 is 14.6 Å². The van der Waals surface area contributed by atoms with Gasteiger partial charge in [-0.2, -0.15) is 0 Å². The van der Waals surface area contributed by atoms with Crippen LogP contribution in [0.4, 0.5) is 0 Å². The van der Waals surface area contributed by atoms with Crippen LogP contribution < -0.4 is 0 Å². The van der Waals surface area contributed by atoms with Gasteiger partial charge < -0.3 is 9.84 Å². The third-order valence-electron chi connectivity index (χ3n) is 2.68. The Labute approximate surface area is 106 Å². The third kappa shape index (κ3) is 4.36. The molecule has 94 valence electrons. The number of carboxylic acid groups (broad SMARTS) is 1. The van der Waals surface area contributed by atoms with Crippen LogP contribution >= 0.6 is 11.6 Å². The van der Waals surface area contributed by atoms with Gasteiger partial charge in [0.15, 0.2) is 5.60 Å². The van der Waals surface area contributed by atoms with Gasteiger partial charge in [0.1, 0.15) is 0 Å². The minimum Gasteiger partial charge on any atom is -0.479 e. The number of benzene rings is 1. The highest BCUT2D eigenvalue weighted by atomic mass is 35.5. The Morgan fingerprint density at radius 3 is 2.59 bits per heavy atom.